The van der Waals surface area contributed by atoms with Crippen LogP contribution >= 0.6 is 0 Å². The number of nitrogens with one attached hydrogen (secondary N) is 9. The van der Waals surface area contributed by atoms with Crippen LogP contribution < -0.4 is 47.9 Å². The average molecular weight is 1230 g/mol. The van der Waals surface area contributed by atoms with E-state index in [1.165, 1.54) is 19.3 Å². The molecule has 0 radical (unpaired) electrons. The van der Waals surface area contributed by atoms with Crippen molar-refractivity contribution in [1.29, 1.82) is 0 Å². The molecular formula is C70H100N14O6. The van der Waals surface area contributed by atoms with E-state index in [0.717, 1.165) is 120 Å². The fourth-order valence-corrected chi connectivity index (χ4v) is 8.80. The molecule has 0 spiro atoms. The molecule has 486 valence electrons. The van der Waals surface area contributed by atoms with E-state index in [2.05, 4.69) is 85.5 Å². The van der Waals surface area contributed by atoms with Gasteiger partial charge in [0.05, 0.1) is 0 Å². The summed E-state index contributed by atoms with van der Waals surface area (Å²) in [6, 6.07) is 37.8. The van der Waals surface area contributed by atoms with E-state index in [1.807, 2.05) is 144 Å². The van der Waals surface area contributed by atoms with Crippen LogP contribution in [0.4, 0.5) is 34.4 Å². The van der Waals surface area contributed by atoms with Crippen molar-refractivity contribution in [2.75, 3.05) is 122 Å². The molecule has 2 saturated carbocycles. The second-order valence-electron chi connectivity index (χ2n) is 22.9. The molecule has 1 aliphatic heterocycles. The molecule has 0 bridgehead atoms. The van der Waals surface area contributed by atoms with Crippen molar-refractivity contribution in [3.05, 3.63) is 167 Å². The maximum Gasteiger partial charge on any atom is 0.254 e. The number of benzene rings is 4. The highest BCUT2D eigenvalue weighted by Crippen LogP contribution is 2.28. The molecule has 9 N–H and O–H groups in total. The summed E-state index contributed by atoms with van der Waals surface area (Å²) >= 11 is 0. The summed E-state index contributed by atoms with van der Waals surface area (Å²) < 4.78 is 0. The van der Waals surface area contributed by atoms with Gasteiger partial charge in [-0.1, -0.05) is 45.0 Å². The summed E-state index contributed by atoms with van der Waals surface area (Å²) in [6.07, 6.45) is 10.9. The van der Waals surface area contributed by atoms with Crippen molar-refractivity contribution < 1.29 is 28.8 Å². The summed E-state index contributed by atoms with van der Waals surface area (Å²) in [5.74, 6) is 2.89. The van der Waals surface area contributed by atoms with E-state index in [4.69, 9.17) is 0 Å². The van der Waals surface area contributed by atoms with Crippen LogP contribution in [0.25, 0.3) is 0 Å². The first kappa shape index (κ1) is 73.3. The second-order valence-corrected chi connectivity index (χ2v) is 22.9. The summed E-state index contributed by atoms with van der Waals surface area (Å²) in [4.78, 5) is 84.4. The van der Waals surface area contributed by atoms with Crippen LogP contribution in [0.3, 0.4) is 0 Å². The molecule has 3 aliphatic rings. The number of nitrogens with zero attached hydrogens (tertiary/aromatic N) is 5. The zero-order valence-electron chi connectivity index (χ0n) is 55.6. The number of rotatable bonds is 19. The molecule has 3 fully saturated rings. The maximum absolute atomic E-state index is 12.1. The van der Waals surface area contributed by atoms with Gasteiger partial charge in [-0.2, -0.15) is 0 Å². The van der Waals surface area contributed by atoms with Crippen LogP contribution in [0, 0.1) is 18.8 Å². The Kier molecular flexibility index (Phi) is 31.7. The molecule has 1 unspecified atom stereocenters. The molecule has 1 saturated heterocycles. The van der Waals surface area contributed by atoms with Crippen LogP contribution in [-0.2, 0) is 0 Å². The van der Waals surface area contributed by atoms with Gasteiger partial charge in [-0.3, -0.25) is 28.8 Å². The number of carbonyl (C=O) groups is 6. The Hall–Kier alpha value is -9.20. The molecule has 2 aromatic heterocycles. The minimum absolute atomic E-state index is 0.00741. The van der Waals surface area contributed by atoms with Crippen molar-refractivity contribution in [3.63, 3.8) is 0 Å². The van der Waals surface area contributed by atoms with Gasteiger partial charge < -0.3 is 62.6 Å². The quantitative estimate of drug-likeness (QED) is 0.0366. The van der Waals surface area contributed by atoms with Crippen molar-refractivity contribution in [2.24, 2.45) is 11.8 Å². The van der Waals surface area contributed by atoms with Crippen LogP contribution in [0.1, 0.15) is 147 Å². The number of pyridine rings is 2. The van der Waals surface area contributed by atoms with E-state index < -0.39 is 0 Å². The first-order chi connectivity index (χ1) is 43.2. The lowest BCUT2D eigenvalue weighted by Crippen LogP contribution is -2.39. The number of amides is 6. The van der Waals surface area contributed by atoms with Crippen LogP contribution in [0.15, 0.2) is 128 Å². The van der Waals surface area contributed by atoms with Gasteiger partial charge >= 0.3 is 0 Å². The van der Waals surface area contributed by atoms with E-state index in [0.29, 0.717) is 29.6 Å². The summed E-state index contributed by atoms with van der Waals surface area (Å²) in [5, 5.41) is 26.8. The Morgan fingerprint density at radius 2 is 1.01 bits per heavy atom. The first-order valence-electron chi connectivity index (χ1n) is 31.2. The van der Waals surface area contributed by atoms with Gasteiger partial charge in [-0.15, -0.1) is 0 Å². The predicted molar refractivity (Wildman–Crippen MR) is 369 cm³/mol. The highest BCUT2D eigenvalue weighted by Gasteiger charge is 2.23. The zero-order valence-corrected chi connectivity index (χ0v) is 55.6. The summed E-state index contributed by atoms with van der Waals surface area (Å²) in [5.41, 5.74) is 8.94. The number of anilines is 6. The molecule has 9 rings (SSSR count). The van der Waals surface area contributed by atoms with Crippen molar-refractivity contribution in [2.45, 2.75) is 98.1 Å². The molecule has 20 nitrogen and oxygen atoms in total. The standard InChI is InChI=1S/C13H20N2O.2C12H16N2O.C12H18N2O.C11H15N3O.C10H15N3O/c1-5-10(2)15(4)13(16)11-7-6-8-12(9-11)14-3;1-13-11-7-2-4-9(8-11)12(15)14-10-5-3-6-10;1-13-11-4-2-3-10(7-11)12(15)14-8-9-5-6-9;1-9(2)8-14-12(15)10-5-4-6-11(7-10)13-3;1-12-10-8-9(4-5-13-10)11(15)14-6-2-3-7-14;1-7-5-8(10(14)13(3)4)6-9(11-2)12-7/h6-10,14H,5H2,1-4H3;2,4,7-8,10,13H,3,5-6H2,1H3,(H,14,15);2-4,7,9,13H,5-6,8H2,1H3,(H,14,15);4-7,9,13H,8H2,1-3H3,(H,14,15);4-5,8H,2-3,6-7H2,1H3,(H,12,13);5-6H,1-4H3,(H,11,12). The van der Waals surface area contributed by atoms with Gasteiger partial charge in [-0.25, -0.2) is 9.97 Å². The van der Waals surface area contributed by atoms with Gasteiger partial charge in [0.15, 0.2) is 0 Å². The van der Waals surface area contributed by atoms with Gasteiger partial charge in [0.1, 0.15) is 11.6 Å². The molecule has 2 aliphatic carbocycles. The predicted octanol–water partition coefficient (Wildman–Crippen LogP) is 11.1. The van der Waals surface area contributed by atoms with Crippen molar-refractivity contribution >= 4 is 69.8 Å². The second kappa shape index (κ2) is 38.9. The monoisotopic (exact) mass is 1230 g/mol. The highest BCUT2D eigenvalue weighted by atomic mass is 16.2. The number of hydrogen-bond acceptors (Lipinski definition) is 14. The smallest absolute Gasteiger partial charge is 0.254 e. The Labute approximate surface area is 535 Å². The van der Waals surface area contributed by atoms with Crippen molar-refractivity contribution in [3.8, 4) is 0 Å². The normalized spacial score (nSPS) is 12.9. The van der Waals surface area contributed by atoms with Crippen LogP contribution in [0.2, 0.25) is 0 Å². The number of likely N-dealkylation sites (tertiary alicyclic amines) is 1. The Bertz CT molecular complexity index is 3150. The molecule has 6 amide bonds. The minimum Gasteiger partial charge on any atom is -0.388 e. The molecule has 4 aromatic carbocycles. The van der Waals surface area contributed by atoms with Crippen LogP contribution in [0.5, 0.6) is 0 Å². The van der Waals surface area contributed by atoms with Gasteiger partial charge in [0, 0.05) is 170 Å². The average Bonchev–Trinajstić information content (AvgIpc) is 2.81. The third-order valence-corrected chi connectivity index (χ3v) is 15.1. The van der Waals surface area contributed by atoms with Gasteiger partial charge in [-0.05, 0) is 174 Å². The fourth-order valence-electron chi connectivity index (χ4n) is 8.80. The van der Waals surface area contributed by atoms with E-state index in [-0.39, 0.29) is 41.5 Å². The summed E-state index contributed by atoms with van der Waals surface area (Å²) in [7, 11) is 16.3. The minimum atomic E-state index is -0.0131. The molecular weight excluding hydrogens is 1130 g/mol. The number of aryl methyl sites for hydroxylation is 1. The Morgan fingerprint density at radius 3 is 1.46 bits per heavy atom. The van der Waals surface area contributed by atoms with Gasteiger partial charge in [0.2, 0.25) is 0 Å². The van der Waals surface area contributed by atoms with Crippen LogP contribution in [-0.4, -0.2) is 162 Å². The lowest BCUT2D eigenvalue weighted by Gasteiger charge is -2.26. The Morgan fingerprint density at radius 1 is 0.533 bits per heavy atom. The first-order valence-corrected chi connectivity index (χ1v) is 31.2. The molecule has 3 heterocycles. The van der Waals surface area contributed by atoms with Crippen molar-refractivity contribution in [1.82, 2.24) is 40.6 Å². The molecule has 20 heteroatoms. The number of carbonyl (C=O) groups excluding carboxylic acids is 6. The fraction of sp³-hybridized carbons (Fsp3) is 0.429. The maximum atomic E-state index is 12.1. The summed E-state index contributed by atoms with van der Waals surface area (Å²) in [6.45, 7) is 13.5. The third-order valence-electron chi connectivity index (χ3n) is 15.1. The van der Waals surface area contributed by atoms with Gasteiger partial charge in [0.25, 0.3) is 35.4 Å². The lowest BCUT2D eigenvalue weighted by atomic mass is 9.93. The highest BCUT2D eigenvalue weighted by molar-refractivity contribution is 5.98. The molecule has 6 aromatic rings. The number of aromatic nitrogens is 2. The Balaban J connectivity index is 0.000000231. The lowest BCUT2D eigenvalue weighted by molar-refractivity contribution is 0.0738. The van der Waals surface area contributed by atoms with E-state index in [1.54, 1.807) is 68.5 Å². The largest absolute Gasteiger partial charge is 0.388 e. The zero-order chi connectivity index (χ0) is 66.1. The topological polar surface area (TPSA) is 246 Å². The van der Waals surface area contributed by atoms with E-state index >= 15 is 0 Å². The third kappa shape index (κ3) is 25.5. The van der Waals surface area contributed by atoms with E-state index in [9.17, 15) is 28.8 Å². The SMILES string of the molecule is CCC(C)N(C)C(=O)c1cccc(NC)c1.CNc1cc(C(=O)N(C)C)cc(C)n1.CNc1cc(C(=O)N2CCCC2)ccn1.CNc1cccc(C(=O)NC2CCC2)c1.CNc1cccc(C(=O)NCC(C)C)c1.CNc1cccc(C(=O)NCC2CC2)c1. The molecule has 90 heavy (non-hydrogen) atoms. The number of hydrogen-bond donors (Lipinski definition) is 9. The molecule has 1 atom stereocenters.